The van der Waals surface area contributed by atoms with Crippen molar-refractivity contribution in [2.45, 2.75) is 37.8 Å². The summed E-state index contributed by atoms with van der Waals surface area (Å²) in [6.45, 7) is 1.73. The van der Waals surface area contributed by atoms with Gasteiger partial charge in [-0.25, -0.2) is 42.2 Å². The van der Waals surface area contributed by atoms with Crippen LogP contribution in [0.3, 0.4) is 0 Å². The Bertz CT molecular complexity index is 2120. The number of fused-ring (bicyclic) bond motifs is 2. The number of hydrogen-bond acceptors (Lipinski definition) is 9. The molecular formula is C30H26F4N8O2SW2-2. The molecule has 1 fully saturated rings. The van der Waals surface area contributed by atoms with Crippen LogP contribution in [-0.2, 0) is 42.1 Å². The molecule has 5 aromatic heterocycles. The topological polar surface area (TPSA) is 126 Å². The Morgan fingerprint density at radius 3 is 2.51 bits per heavy atom. The molecule has 1 atom stereocenters. The first-order valence-corrected chi connectivity index (χ1v) is 13.9. The minimum Gasteiger partial charge on any atom is -0.466 e. The Morgan fingerprint density at radius 2 is 1.81 bits per heavy atom. The van der Waals surface area contributed by atoms with E-state index < -0.39 is 35.3 Å². The summed E-state index contributed by atoms with van der Waals surface area (Å²) in [7, 11) is 0. The Kier molecular flexibility index (Phi) is 11.5. The molecule has 2 N–H and O–H groups in total. The molecule has 10 nitrogen and oxygen atoms in total. The van der Waals surface area contributed by atoms with Gasteiger partial charge in [0.05, 0.1) is 33.8 Å². The number of halogens is 4. The number of benzene rings is 1. The summed E-state index contributed by atoms with van der Waals surface area (Å²) < 4.78 is 63.2. The van der Waals surface area contributed by atoms with E-state index in [2.05, 4.69) is 19.9 Å². The van der Waals surface area contributed by atoms with Gasteiger partial charge in [0, 0.05) is 61.2 Å². The van der Waals surface area contributed by atoms with Gasteiger partial charge in [0.25, 0.3) is 16.7 Å². The molecule has 0 amide bonds. The predicted octanol–water partition coefficient (Wildman–Crippen LogP) is 6.17. The van der Waals surface area contributed by atoms with E-state index >= 15 is 0 Å². The van der Waals surface area contributed by atoms with Crippen LogP contribution in [0, 0.1) is 26.5 Å². The van der Waals surface area contributed by atoms with Crippen LogP contribution in [0.4, 0.5) is 23.4 Å². The Labute approximate surface area is 299 Å². The minimum atomic E-state index is -2.74. The smallest absolute Gasteiger partial charge is 0.274 e. The van der Waals surface area contributed by atoms with Gasteiger partial charge in [0.15, 0.2) is 5.65 Å². The molecule has 7 rings (SSSR count). The largest absolute Gasteiger partial charge is 0.466 e. The van der Waals surface area contributed by atoms with Crippen molar-refractivity contribution in [3.8, 4) is 26.9 Å². The zero-order valence-electron chi connectivity index (χ0n) is 25.0. The number of ether oxygens (including phenoxy) is 1. The van der Waals surface area contributed by atoms with Crippen molar-refractivity contribution in [1.82, 2.24) is 34.1 Å². The fourth-order valence-electron chi connectivity index (χ4n) is 5.16. The molecule has 246 valence electrons. The second-order valence-electron chi connectivity index (χ2n) is 10.2. The first-order valence-electron chi connectivity index (χ1n) is 13.0. The molecule has 0 saturated heterocycles. The minimum absolute atomic E-state index is 0. The van der Waals surface area contributed by atoms with Crippen LogP contribution < -0.4 is 16.0 Å². The zero-order valence-corrected chi connectivity index (χ0v) is 31.7. The maximum Gasteiger partial charge on any atom is 0.274 e. The number of aromatic nitrogens is 7. The SMILES string of the molecule is C[C@@H](c1nc2ccc(F)cn2c(=O)c1-c1cccc(F)c1)n1nc(-c2cnc(OC3CC(F)(F)C3)s2)c2c(N)ncnc21.[CH3-].[CH3-].[W].[W]. The van der Waals surface area contributed by atoms with Crippen molar-refractivity contribution in [3.63, 3.8) is 0 Å². The van der Waals surface area contributed by atoms with Gasteiger partial charge in [-0.2, -0.15) is 5.10 Å². The van der Waals surface area contributed by atoms with Crippen LogP contribution in [-0.4, -0.2) is 46.1 Å². The molecule has 0 radical (unpaired) electrons. The molecule has 17 heteroatoms. The third-order valence-electron chi connectivity index (χ3n) is 7.25. The molecule has 0 unspecified atom stereocenters. The van der Waals surface area contributed by atoms with Crippen molar-refractivity contribution in [2.75, 3.05) is 5.73 Å². The Balaban J connectivity index is 0.00000150. The molecule has 0 spiro atoms. The van der Waals surface area contributed by atoms with Crippen LogP contribution in [0.15, 0.2) is 59.9 Å². The average molecular weight is 1010 g/mol. The van der Waals surface area contributed by atoms with E-state index in [4.69, 9.17) is 15.6 Å². The van der Waals surface area contributed by atoms with Gasteiger partial charge in [-0.15, -0.1) is 0 Å². The van der Waals surface area contributed by atoms with Crippen LogP contribution in [0.2, 0.25) is 0 Å². The van der Waals surface area contributed by atoms with Gasteiger partial charge < -0.3 is 25.3 Å². The fourth-order valence-corrected chi connectivity index (χ4v) is 5.98. The van der Waals surface area contributed by atoms with E-state index in [9.17, 15) is 22.4 Å². The van der Waals surface area contributed by atoms with Crippen LogP contribution in [0.1, 0.15) is 31.5 Å². The first-order chi connectivity index (χ1) is 20.6. The van der Waals surface area contributed by atoms with Crippen LogP contribution >= 0.6 is 11.3 Å². The molecule has 1 aliphatic carbocycles. The summed E-state index contributed by atoms with van der Waals surface area (Å²) in [4.78, 5) is 31.7. The van der Waals surface area contributed by atoms with E-state index in [1.54, 1.807) is 13.0 Å². The number of rotatable bonds is 6. The molecule has 47 heavy (non-hydrogen) atoms. The monoisotopic (exact) mass is 1010 g/mol. The van der Waals surface area contributed by atoms with Gasteiger partial charge in [-0.05, 0) is 36.8 Å². The van der Waals surface area contributed by atoms with Gasteiger partial charge in [0.2, 0.25) is 0 Å². The van der Waals surface area contributed by atoms with Gasteiger partial charge in [0.1, 0.15) is 41.2 Å². The van der Waals surface area contributed by atoms with E-state index in [0.717, 1.165) is 21.9 Å². The third-order valence-corrected chi connectivity index (χ3v) is 8.14. The fraction of sp³-hybridized carbons (Fsp3) is 0.200. The number of anilines is 1. The number of nitrogens with zero attached hydrogens (tertiary/aromatic N) is 7. The number of nitrogens with two attached hydrogens (primary N) is 1. The Hall–Kier alpha value is -3.54. The quantitative estimate of drug-likeness (QED) is 0.155. The van der Waals surface area contributed by atoms with E-state index in [0.29, 0.717) is 21.6 Å². The van der Waals surface area contributed by atoms with E-state index in [1.165, 1.54) is 47.5 Å². The van der Waals surface area contributed by atoms with E-state index in [1.807, 2.05) is 0 Å². The number of nitrogen functional groups attached to an aromatic ring is 1. The number of pyridine rings is 1. The third kappa shape index (κ3) is 6.89. The second-order valence-corrected chi connectivity index (χ2v) is 11.2. The molecule has 6 aromatic rings. The zero-order chi connectivity index (χ0) is 30.0. The van der Waals surface area contributed by atoms with Crippen molar-refractivity contribution in [2.24, 2.45) is 0 Å². The molecule has 1 saturated carbocycles. The second kappa shape index (κ2) is 14.3. The molecule has 1 aliphatic rings. The molecule has 0 bridgehead atoms. The summed E-state index contributed by atoms with van der Waals surface area (Å²) >= 11 is 1.10. The summed E-state index contributed by atoms with van der Waals surface area (Å²) in [5.41, 5.74) is 7.03. The standard InChI is InChI=1S/C28H20F4N8O2S.2CH3.2W/c1-13(22-20(14-3-2-4-15(29)7-14)26(41)39-11-16(30)5-6-19(39)37-22)40-25-21(24(33)35-12-36-25)23(38-40)18-10-34-27(43-18)42-17-8-28(31,32)9-17;;;;/h2-7,10-13,17H,8-9H2,1H3,(H2,33,35,36);2*1H3;;/q;2*-1;;/t13-;;;;/m0..../s1. The van der Waals surface area contributed by atoms with Crippen molar-refractivity contribution >= 4 is 33.8 Å². The van der Waals surface area contributed by atoms with Gasteiger partial charge >= 0.3 is 0 Å². The molecule has 0 aliphatic heterocycles. The average Bonchev–Trinajstić information content (AvgIpc) is 3.57. The summed E-state index contributed by atoms with van der Waals surface area (Å²) in [5.74, 6) is -3.82. The van der Waals surface area contributed by atoms with E-state index in [-0.39, 0.29) is 103 Å². The van der Waals surface area contributed by atoms with Crippen molar-refractivity contribution < 1.29 is 64.4 Å². The normalized spacial score (nSPS) is 14.2. The maximum atomic E-state index is 14.3. The van der Waals surface area contributed by atoms with Crippen LogP contribution in [0.5, 0.6) is 5.19 Å². The summed E-state index contributed by atoms with van der Waals surface area (Å²) in [6, 6.07) is 7.24. The number of thiazole rings is 1. The summed E-state index contributed by atoms with van der Waals surface area (Å²) in [6.07, 6.45) is 2.39. The summed E-state index contributed by atoms with van der Waals surface area (Å²) in [5, 5.41) is 5.36. The number of hydrogen-bond donors (Lipinski definition) is 1. The molecular weight excluding hydrogens is 980 g/mol. The van der Waals surface area contributed by atoms with Crippen LogP contribution in [0.25, 0.3) is 38.4 Å². The molecule has 1 aromatic carbocycles. The maximum absolute atomic E-state index is 14.3. The Morgan fingerprint density at radius 1 is 1.06 bits per heavy atom. The number of alkyl halides is 2. The first kappa shape index (κ1) is 37.9. The predicted molar refractivity (Wildman–Crippen MR) is 163 cm³/mol. The van der Waals surface area contributed by atoms with Crippen molar-refractivity contribution in [3.05, 3.63) is 97.7 Å². The van der Waals surface area contributed by atoms with Gasteiger partial charge in [-0.1, -0.05) is 23.5 Å². The van der Waals surface area contributed by atoms with Crippen molar-refractivity contribution in [1.29, 1.82) is 0 Å². The van der Waals surface area contributed by atoms with Gasteiger partial charge in [-0.3, -0.25) is 9.20 Å². The molecule has 5 heterocycles.